The third-order valence-electron chi connectivity index (χ3n) is 2.82. The first-order chi connectivity index (χ1) is 8.97. The lowest BCUT2D eigenvalue weighted by Crippen LogP contribution is -2.30. The van der Waals surface area contributed by atoms with Gasteiger partial charge in [0.25, 0.3) is 0 Å². The molecule has 18 heavy (non-hydrogen) atoms. The van der Waals surface area contributed by atoms with Crippen molar-refractivity contribution >= 4 is 18.1 Å². The van der Waals surface area contributed by atoms with Crippen LogP contribution in [0.1, 0.15) is 24.8 Å². The Morgan fingerprint density at radius 1 is 0.944 bits per heavy atom. The Bertz CT molecular complexity index is 392. The number of nitrogens with one attached hydrogen (secondary N) is 3. The number of hydrogen-bond acceptors (Lipinski definition) is 4. The summed E-state index contributed by atoms with van der Waals surface area (Å²) in [5.74, 6) is 0. The molecule has 0 amide bonds. The van der Waals surface area contributed by atoms with Gasteiger partial charge >= 0.3 is 0 Å². The Kier molecular flexibility index (Phi) is 5.43. The van der Waals surface area contributed by atoms with Gasteiger partial charge in [-0.15, -0.1) is 0 Å². The van der Waals surface area contributed by atoms with Gasteiger partial charge in [0.2, 0.25) is 0 Å². The quantitative estimate of drug-likeness (QED) is 0.656. The zero-order chi connectivity index (χ0) is 12.5. The highest BCUT2D eigenvalue weighted by molar-refractivity contribution is 5.83. The summed E-state index contributed by atoms with van der Waals surface area (Å²) in [6.45, 7) is 2.28. The molecule has 0 saturated carbocycles. The van der Waals surface area contributed by atoms with E-state index in [1.54, 1.807) is 12.5 Å². The maximum atomic E-state index is 3.97. The molecule has 1 aromatic rings. The van der Waals surface area contributed by atoms with Crippen molar-refractivity contribution in [2.75, 3.05) is 18.4 Å². The van der Waals surface area contributed by atoms with Crippen LogP contribution in [0.5, 0.6) is 0 Å². The second kappa shape index (κ2) is 7.63. The topological polar surface area (TPSA) is 48.5 Å². The number of aliphatic imine (C=N–C) groups is 1. The minimum Gasteiger partial charge on any atom is -0.346 e. The maximum absolute atomic E-state index is 3.97. The molecule has 0 aromatic heterocycles. The van der Waals surface area contributed by atoms with Gasteiger partial charge in [0.1, 0.15) is 0 Å². The molecule has 4 nitrogen and oxygen atoms in total. The molecule has 0 aliphatic carbocycles. The van der Waals surface area contributed by atoms with E-state index in [0.29, 0.717) is 0 Å². The third kappa shape index (κ3) is 4.31. The fourth-order valence-corrected chi connectivity index (χ4v) is 1.83. The summed E-state index contributed by atoms with van der Waals surface area (Å²) in [4.78, 5) is 3.97. The molecule has 0 bridgehead atoms. The van der Waals surface area contributed by atoms with Gasteiger partial charge in [-0.2, -0.15) is 0 Å². The fourth-order valence-electron chi connectivity index (χ4n) is 1.83. The van der Waals surface area contributed by atoms with Crippen molar-refractivity contribution in [3.63, 3.8) is 0 Å². The molecule has 0 atom stereocenters. The highest BCUT2D eigenvalue weighted by Gasteiger charge is 1.96. The van der Waals surface area contributed by atoms with Crippen LogP contribution in [0.25, 0.3) is 6.08 Å². The number of nitrogens with zero attached hydrogens (tertiary/aromatic N) is 1. The number of para-hydroxylation sites is 1. The predicted octanol–water partition coefficient (Wildman–Crippen LogP) is 2.38. The van der Waals surface area contributed by atoms with Crippen molar-refractivity contribution < 1.29 is 0 Å². The highest BCUT2D eigenvalue weighted by atomic mass is 15.3. The van der Waals surface area contributed by atoms with E-state index in [1.807, 2.05) is 30.3 Å². The van der Waals surface area contributed by atoms with Crippen molar-refractivity contribution in [3.05, 3.63) is 36.0 Å². The fraction of sp³-hybridized carbons (Fsp3) is 0.357. The lowest BCUT2D eigenvalue weighted by molar-refractivity contribution is 0.573. The average Bonchev–Trinajstić information content (AvgIpc) is 2.84. The molecule has 1 saturated heterocycles. The Balaban J connectivity index is 0.000000149. The van der Waals surface area contributed by atoms with Crippen molar-refractivity contribution in [1.29, 1.82) is 0 Å². The summed E-state index contributed by atoms with van der Waals surface area (Å²) < 4.78 is 0. The molecular weight excluding hydrogens is 224 g/mol. The first kappa shape index (κ1) is 12.8. The number of anilines is 1. The van der Waals surface area contributed by atoms with Crippen molar-refractivity contribution in [3.8, 4) is 0 Å². The molecular formula is C14H20N4. The van der Waals surface area contributed by atoms with E-state index in [4.69, 9.17) is 0 Å². The number of rotatable bonds is 0. The van der Waals surface area contributed by atoms with Gasteiger partial charge in [0, 0.05) is 25.0 Å². The molecule has 2 aliphatic heterocycles. The van der Waals surface area contributed by atoms with Crippen LogP contribution in [-0.2, 0) is 0 Å². The Hall–Kier alpha value is -1.65. The molecule has 3 rings (SSSR count). The largest absolute Gasteiger partial charge is 0.346 e. The standard InChI is InChI=1S/C9H8N2.C5H12N2/c1-2-4-9-8(3-1)5-6-10-7-11-9;1-2-4-6-7-5-3-1/h1-7H,(H,10,11);6-7H,1-5H2. The number of hydrogen-bond donors (Lipinski definition) is 3. The van der Waals surface area contributed by atoms with Crippen LogP contribution < -0.4 is 16.2 Å². The van der Waals surface area contributed by atoms with E-state index in [2.05, 4.69) is 21.2 Å². The molecule has 96 valence electrons. The zero-order valence-electron chi connectivity index (χ0n) is 10.5. The summed E-state index contributed by atoms with van der Waals surface area (Å²) in [6.07, 6.45) is 9.47. The van der Waals surface area contributed by atoms with Crippen molar-refractivity contribution in [2.24, 2.45) is 4.99 Å². The average molecular weight is 244 g/mol. The first-order valence-electron chi connectivity index (χ1n) is 6.46. The van der Waals surface area contributed by atoms with Crippen LogP contribution in [0.15, 0.2) is 35.5 Å². The van der Waals surface area contributed by atoms with Gasteiger partial charge in [0.15, 0.2) is 0 Å². The lowest BCUT2D eigenvalue weighted by Gasteiger charge is -2.01. The molecule has 2 aliphatic rings. The zero-order valence-corrected chi connectivity index (χ0v) is 10.5. The maximum Gasteiger partial charge on any atom is 0.0923 e. The number of hydrazine groups is 1. The van der Waals surface area contributed by atoms with E-state index in [1.165, 1.54) is 24.8 Å². The van der Waals surface area contributed by atoms with Crippen LogP contribution in [0.3, 0.4) is 0 Å². The number of benzene rings is 1. The smallest absolute Gasteiger partial charge is 0.0923 e. The first-order valence-corrected chi connectivity index (χ1v) is 6.46. The van der Waals surface area contributed by atoms with E-state index < -0.39 is 0 Å². The minimum atomic E-state index is 1.10. The van der Waals surface area contributed by atoms with Crippen molar-refractivity contribution in [1.82, 2.24) is 10.9 Å². The van der Waals surface area contributed by atoms with Gasteiger partial charge < -0.3 is 5.32 Å². The monoisotopic (exact) mass is 244 g/mol. The van der Waals surface area contributed by atoms with Gasteiger partial charge in [-0.25, -0.2) is 4.99 Å². The summed E-state index contributed by atoms with van der Waals surface area (Å²) in [6, 6.07) is 8.08. The minimum absolute atomic E-state index is 1.10. The SMILES string of the molecule is C1=Cc2ccccc2NC=N1.C1CCNNCC1. The summed E-state index contributed by atoms with van der Waals surface area (Å²) >= 11 is 0. The Morgan fingerprint density at radius 3 is 2.56 bits per heavy atom. The Morgan fingerprint density at radius 2 is 1.72 bits per heavy atom. The number of fused-ring (bicyclic) bond motifs is 1. The molecule has 0 unspecified atom stereocenters. The van der Waals surface area contributed by atoms with Gasteiger partial charge in [-0.05, 0) is 30.5 Å². The summed E-state index contributed by atoms with van der Waals surface area (Å²) in [5, 5.41) is 3.07. The predicted molar refractivity (Wildman–Crippen MR) is 77.4 cm³/mol. The third-order valence-corrected chi connectivity index (χ3v) is 2.82. The second-order valence-corrected chi connectivity index (χ2v) is 4.24. The molecule has 3 N–H and O–H groups in total. The van der Waals surface area contributed by atoms with Crippen LogP contribution in [0, 0.1) is 0 Å². The molecule has 1 aromatic carbocycles. The lowest BCUT2D eigenvalue weighted by atomic mass is 10.2. The van der Waals surface area contributed by atoms with E-state index in [9.17, 15) is 0 Å². The van der Waals surface area contributed by atoms with E-state index >= 15 is 0 Å². The normalized spacial score (nSPS) is 17.6. The molecule has 0 spiro atoms. The van der Waals surface area contributed by atoms with Gasteiger partial charge in [0.05, 0.1) is 6.34 Å². The van der Waals surface area contributed by atoms with Gasteiger partial charge in [-0.1, -0.05) is 24.6 Å². The van der Waals surface area contributed by atoms with Crippen LogP contribution in [0.4, 0.5) is 5.69 Å². The van der Waals surface area contributed by atoms with E-state index in [-0.39, 0.29) is 0 Å². The second-order valence-electron chi connectivity index (χ2n) is 4.24. The van der Waals surface area contributed by atoms with Crippen molar-refractivity contribution in [2.45, 2.75) is 19.3 Å². The summed E-state index contributed by atoms with van der Waals surface area (Å²) in [5.41, 5.74) is 8.47. The molecule has 0 radical (unpaired) electrons. The van der Waals surface area contributed by atoms with Gasteiger partial charge in [-0.3, -0.25) is 10.9 Å². The molecule has 2 heterocycles. The van der Waals surface area contributed by atoms with Crippen LogP contribution in [0.2, 0.25) is 0 Å². The molecule has 1 fully saturated rings. The highest BCUT2D eigenvalue weighted by Crippen LogP contribution is 2.16. The Labute approximate surface area is 108 Å². The molecule has 4 heteroatoms. The van der Waals surface area contributed by atoms with Crippen LogP contribution in [-0.4, -0.2) is 19.4 Å². The summed E-state index contributed by atoms with van der Waals surface area (Å²) in [7, 11) is 0. The van der Waals surface area contributed by atoms with Crippen LogP contribution >= 0.6 is 0 Å². The van der Waals surface area contributed by atoms with E-state index in [0.717, 1.165) is 18.8 Å².